The lowest BCUT2D eigenvalue weighted by Gasteiger charge is -2.10. The third-order valence-electron chi connectivity index (χ3n) is 6.40. The Hall–Kier alpha value is -4.41. The lowest BCUT2D eigenvalue weighted by atomic mass is 10.0. The van der Waals surface area contributed by atoms with E-state index in [0.29, 0.717) is 22.6 Å². The van der Waals surface area contributed by atoms with E-state index in [1.165, 1.54) is 74.9 Å². The highest BCUT2D eigenvalue weighted by molar-refractivity contribution is 7.97. The summed E-state index contributed by atoms with van der Waals surface area (Å²) >= 11 is 0. The van der Waals surface area contributed by atoms with Gasteiger partial charge in [-0.3, -0.25) is 4.79 Å². The Morgan fingerprint density at radius 2 is 1.38 bits per heavy atom. The van der Waals surface area contributed by atoms with E-state index < -0.39 is 41.0 Å². The van der Waals surface area contributed by atoms with E-state index in [9.17, 15) is 26.7 Å². The number of hydrogen-bond acceptors (Lipinski definition) is 8. The summed E-state index contributed by atoms with van der Waals surface area (Å²) in [7, 11) is -5.33. The van der Waals surface area contributed by atoms with Crippen molar-refractivity contribution in [2.75, 3.05) is 14.2 Å². The minimum atomic E-state index is -4.08. The lowest BCUT2D eigenvalue weighted by Crippen LogP contribution is -2.03. The average molecular weight is 562 g/mol. The van der Waals surface area contributed by atoms with Crippen molar-refractivity contribution in [1.82, 2.24) is 0 Å². The fourth-order valence-corrected chi connectivity index (χ4v) is 7.44. The van der Waals surface area contributed by atoms with Crippen molar-refractivity contribution in [3.8, 4) is 11.5 Å². The number of rotatable bonds is 6. The van der Waals surface area contributed by atoms with Gasteiger partial charge in [0.25, 0.3) is 0 Å². The van der Waals surface area contributed by atoms with Crippen molar-refractivity contribution < 1.29 is 36.2 Å². The van der Waals surface area contributed by atoms with E-state index in [1.807, 2.05) is 0 Å². The minimum absolute atomic E-state index is 0.0113. The molecule has 39 heavy (non-hydrogen) atoms. The third kappa shape index (κ3) is 4.37. The normalized spacial score (nSPS) is 18.5. The molecule has 0 atom stereocenters. The maximum atomic E-state index is 13.1. The van der Waals surface area contributed by atoms with Crippen LogP contribution in [0.3, 0.4) is 0 Å². The predicted octanol–water partition coefficient (Wildman–Crippen LogP) is 3.71. The van der Waals surface area contributed by atoms with Crippen LogP contribution in [0.2, 0.25) is 0 Å². The molecule has 0 spiro atoms. The van der Waals surface area contributed by atoms with Crippen LogP contribution < -0.4 is 14.6 Å². The quantitative estimate of drug-likeness (QED) is 0.329. The summed E-state index contributed by atoms with van der Waals surface area (Å²) in [5.41, 5.74) is 1.01. The van der Waals surface area contributed by atoms with Gasteiger partial charge in [0.05, 0.1) is 28.9 Å². The van der Waals surface area contributed by atoms with E-state index >= 15 is 0 Å². The number of carbonyl (C=O) groups excluding carboxylic acids is 1. The van der Waals surface area contributed by atoms with Crippen LogP contribution in [0.15, 0.2) is 111 Å². The largest absolute Gasteiger partial charge is 0.871 e. The van der Waals surface area contributed by atoms with Crippen LogP contribution in [-0.2, 0) is 19.7 Å². The highest BCUT2D eigenvalue weighted by Gasteiger charge is 2.39. The average Bonchev–Trinajstić information content (AvgIpc) is 3.25. The van der Waals surface area contributed by atoms with Gasteiger partial charge in [-0.25, -0.2) is 16.8 Å². The number of allylic oxidation sites excluding steroid dienone is 6. The van der Waals surface area contributed by atoms with Crippen LogP contribution in [0.25, 0.3) is 11.3 Å². The molecule has 5 rings (SSSR count). The second-order valence-corrected chi connectivity index (χ2v) is 12.4. The first kappa shape index (κ1) is 26.2. The van der Waals surface area contributed by atoms with Crippen LogP contribution in [0.5, 0.6) is 11.5 Å². The van der Waals surface area contributed by atoms with Crippen molar-refractivity contribution >= 4 is 36.8 Å². The number of Topliss-reactive ketones (excluding diaryl/α,β-unsaturated/α-hetero) is 1. The summed E-state index contributed by atoms with van der Waals surface area (Å²) < 4.78 is 62.6. The fraction of sp³-hybridized carbons (Fsp3) is 0.0690. The van der Waals surface area contributed by atoms with Crippen LogP contribution in [0.4, 0.5) is 0 Å². The highest BCUT2D eigenvalue weighted by Crippen LogP contribution is 2.40. The third-order valence-corrected chi connectivity index (χ3v) is 10.1. The SMILES string of the molecule is COc1ccc2c(c1)C(=O)C(=CC=C(C=CC1=C([O-])c3cc(OC)ccc3S1(=O)=O)c1ccccc1)S2(=O)=O. The van der Waals surface area contributed by atoms with Gasteiger partial charge in [0.2, 0.25) is 25.5 Å². The Balaban J connectivity index is 1.60. The number of hydrogen-bond donors (Lipinski definition) is 0. The van der Waals surface area contributed by atoms with Crippen molar-refractivity contribution in [3.05, 3.63) is 118 Å². The topological polar surface area (TPSA) is 127 Å². The van der Waals surface area contributed by atoms with E-state index in [4.69, 9.17) is 9.47 Å². The first-order valence-corrected chi connectivity index (χ1v) is 14.5. The summed E-state index contributed by atoms with van der Waals surface area (Å²) in [6.07, 6.45) is 5.18. The molecule has 0 unspecified atom stereocenters. The summed E-state index contributed by atoms with van der Waals surface area (Å²) in [5, 5.41) is 13.0. The molecular formula is C29H21O8S2-. The van der Waals surface area contributed by atoms with Crippen molar-refractivity contribution in [2.45, 2.75) is 9.79 Å². The molecule has 0 fully saturated rings. The highest BCUT2D eigenvalue weighted by atomic mass is 32.2. The van der Waals surface area contributed by atoms with E-state index in [-0.39, 0.29) is 20.9 Å². The van der Waals surface area contributed by atoms with Gasteiger partial charge in [-0.1, -0.05) is 48.2 Å². The number of carbonyl (C=O) groups is 1. The molecule has 8 nitrogen and oxygen atoms in total. The van der Waals surface area contributed by atoms with Gasteiger partial charge in [-0.05, 0) is 65.3 Å². The molecule has 0 bridgehead atoms. The van der Waals surface area contributed by atoms with Gasteiger partial charge in [-0.15, -0.1) is 0 Å². The second kappa shape index (κ2) is 9.72. The zero-order valence-electron chi connectivity index (χ0n) is 20.7. The standard InChI is InChI=1S/C29H22O8S2/c1-36-20-10-14-24-22(16-20)28(30)26(38(24,32)33)12-8-19(18-6-4-3-5-7-18)9-13-27-29(31)23-17-21(37-2)11-15-25(23)39(27,34)35/h3-17,30H,1-2H3/p-1. The lowest BCUT2D eigenvalue weighted by molar-refractivity contribution is -0.244. The van der Waals surface area contributed by atoms with Gasteiger partial charge < -0.3 is 14.6 Å². The van der Waals surface area contributed by atoms with Gasteiger partial charge >= 0.3 is 0 Å². The van der Waals surface area contributed by atoms with E-state index in [2.05, 4.69) is 0 Å². The summed E-state index contributed by atoms with van der Waals surface area (Å²) in [6, 6.07) is 17.1. The molecule has 2 heterocycles. The maximum absolute atomic E-state index is 13.1. The van der Waals surface area contributed by atoms with Gasteiger partial charge in [-0.2, -0.15) is 0 Å². The van der Waals surface area contributed by atoms with Crippen LogP contribution in [-0.4, -0.2) is 36.8 Å². The van der Waals surface area contributed by atoms with Crippen LogP contribution in [0.1, 0.15) is 21.5 Å². The molecule has 0 saturated heterocycles. The molecule has 10 heteroatoms. The van der Waals surface area contributed by atoms with Gasteiger partial charge in [0.1, 0.15) is 16.4 Å². The van der Waals surface area contributed by atoms with Crippen LogP contribution in [0, 0.1) is 0 Å². The molecule has 198 valence electrons. The molecule has 0 saturated carbocycles. The Morgan fingerprint density at radius 3 is 2.00 bits per heavy atom. The summed E-state index contributed by atoms with van der Waals surface area (Å²) in [6.45, 7) is 0. The van der Waals surface area contributed by atoms with Gasteiger partial charge in [0.15, 0.2) is 0 Å². The number of benzene rings is 3. The minimum Gasteiger partial charge on any atom is -0.871 e. The molecule has 0 aliphatic carbocycles. The predicted molar refractivity (Wildman–Crippen MR) is 143 cm³/mol. The second-order valence-electron chi connectivity index (χ2n) is 8.61. The zero-order chi connectivity index (χ0) is 27.9. The first-order valence-electron chi connectivity index (χ1n) is 11.6. The molecule has 2 aliphatic heterocycles. The van der Waals surface area contributed by atoms with Gasteiger partial charge in [0, 0.05) is 5.56 Å². The number of fused-ring (bicyclic) bond motifs is 2. The molecule has 0 aromatic heterocycles. The molecule has 0 N–H and O–H groups in total. The van der Waals surface area contributed by atoms with Crippen LogP contribution >= 0.6 is 0 Å². The molecule has 2 aliphatic rings. The fourth-order valence-electron chi connectivity index (χ4n) is 4.38. The van der Waals surface area contributed by atoms with Crippen molar-refractivity contribution in [2.24, 2.45) is 0 Å². The maximum Gasteiger partial charge on any atom is 0.211 e. The Labute approximate surface area is 225 Å². The summed E-state index contributed by atoms with van der Waals surface area (Å²) in [5.74, 6) is -0.659. The van der Waals surface area contributed by atoms with Crippen molar-refractivity contribution in [1.29, 1.82) is 0 Å². The molecule has 3 aromatic carbocycles. The first-order chi connectivity index (χ1) is 18.6. The van der Waals surface area contributed by atoms with E-state index in [0.717, 1.165) is 0 Å². The number of sulfone groups is 2. The number of ketones is 1. The smallest absolute Gasteiger partial charge is 0.211 e. The monoisotopic (exact) mass is 561 g/mol. The Morgan fingerprint density at radius 1 is 0.795 bits per heavy atom. The van der Waals surface area contributed by atoms with E-state index in [1.54, 1.807) is 30.3 Å². The number of ether oxygens (including phenoxy) is 2. The molecule has 0 amide bonds. The van der Waals surface area contributed by atoms with Crippen molar-refractivity contribution in [3.63, 3.8) is 0 Å². The molecular weight excluding hydrogens is 540 g/mol. The number of methoxy groups -OCH3 is 2. The molecule has 3 aromatic rings. The molecule has 0 radical (unpaired) electrons. The Bertz CT molecular complexity index is 1860. The Kier molecular flexibility index (Phi) is 6.53. The zero-order valence-corrected chi connectivity index (χ0v) is 22.4. The summed E-state index contributed by atoms with van der Waals surface area (Å²) in [4.78, 5) is 11.9.